The summed E-state index contributed by atoms with van der Waals surface area (Å²) in [5.74, 6) is -0.274. The fraction of sp³-hybridized carbons (Fsp3) is 0.150. The number of rotatable bonds is 5. The molecule has 26 heavy (non-hydrogen) atoms. The Morgan fingerprint density at radius 2 is 1.77 bits per heavy atom. The summed E-state index contributed by atoms with van der Waals surface area (Å²) in [6.45, 7) is 1.75. The average Bonchev–Trinajstić information content (AvgIpc) is 2.65. The van der Waals surface area contributed by atoms with Crippen LogP contribution in [0.5, 0.6) is 0 Å². The summed E-state index contributed by atoms with van der Waals surface area (Å²) >= 11 is 5.89. The minimum absolute atomic E-state index is 0.141. The molecule has 1 heterocycles. The number of benzene rings is 2. The Balaban J connectivity index is 1.74. The number of hydrogen-bond donors (Lipinski definition) is 1. The molecule has 1 atom stereocenters. The van der Waals surface area contributed by atoms with E-state index in [9.17, 15) is 9.59 Å². The van der Waals surface area contributed by atoms with Crippen LogP contribution in [0.25, 0.3) is 11.3 Å². The maximum Gasteiger partial charge on any atom is 0.267 e. The first-order valence-electron chi connectivity index (χ1n) is 8.21. The second kappa shape index (κ2) is 7.97. The van der Waals surface area contributed by atoms with Crippen molar-refractivity contribution in [3.63, 3.8) is 0 Å². The summed E-state index contributed by atoms with van der Waals surface area (Å²) in [6.07, 6.45) is 0. The molecule has 1 amide bonds. The van der Waals surface area contributed by atoms with Crippen molar-refractivity contribution in [2.24, 2.45) is 0 Å². The summed E-state index contributed by atoms with van der Waals surface area (Å²) in [7, 11) is 0. The van der Waals surface area contributed by atoms with Crippen molar-refractivity contribution in [2.45, 2.75) is 19.5 Å². The molecule has 1 aromatic heterocycles. The first-order chi connectivity index (χ1) is 12.5. The van der Waals surface area contributed by atoms with Gasteiger partial charge in [-0.3, -0.25) is 9.59 Å². The second-order valence-electron chi connectivity index (χ2n) is 5.92. The number of nitrogens with zero attached hydrogens (tertiary/aromatic N) is 2. The normalized spacial score (nSPS) is 11.8. The molecule has 3 aromatic rings. The molecule has 1 N–H and O–H groups in total. The summed E-state index contributed by atoms with van der Waals surface area (Å²) in [5, 5.41) is 7.80. The highest BCUT2D eigenvalue weighted by Gasteiger charge is 2.12. The molecule has 2 aromatic carbocycles. The van der Waals surface area contributed by atoms with E-state index in [-0.39, 0.29) is 24.1 Å². The van der Waals surface area contributed by atoms with Gasteiger partial charge in [0.05, 0.1) is 11.7 Å². The van der Waals surface area contributed by atoms with Gasteiger partial charge in [0, 0.05) is 16.7 Å². The van der Waals surface area contributed by atoms with E-state index in [1.807, 2.05) is 49.4 Å². The predicted octanol–water partition coefficient (Wildman–Crippen LogP) is 3.44. The van der Waals surface area contributed by atoms with Gasteiger partial charge in [0.25, 0.3) is 5.56 Å². The van der Waals surface area contributed by atoms with Crippen LogP contribution in [0.1, 0.15) is 18.5 Å². The van der Waals surface area contributed by atoms with E-state index < -0.39 is 0 Å². The summed E-state index contributed by atoms with van der Waals surface area (Å²) < 4.78 is 1.16. The van der Waals surface area contributed by atoms with Crippen LogP contribution < -0.4 is 10.9 Å². The minimum Gasteiger partial charge on any atom is -0.348 e. The Morgan fingerprint density at radius 3 is 2.46 bits per heavy atom. The van der Waals surface area contributed by atoms with Gasteiger partial charge in [-0.2, -0.15) is 5.10 Å². The molecule has 0 spiro atoms. The number of aromatic nitrogens is 2. The summed E-state index contributed by atoms with van der Waals surface area (Å²) in [6, 6.07) is 19.7. The number of hydrogen-bond acceptors (Lipinski definition) is 3. The van der Waals surface area contributed by atoms with E-state index in [0.29, 0.717) is 10.7 Å². The molecule has 5 nitrogen and oxygen atoms in total. The smallest absolute Gasteiger partial charge is 0.267 e. The van der Waals surface area contributed by atoms with Crippen LogP contribution in [0.4, 0.5) is 0 Å². The van der Waals surface area contributed by atoms with Crippen LogP contribution in [-0.4, -0.2) is 15.7 Å². The van der Waals surface area contributed by atoms with Gasteiger partial charge in [-0.15, -0.1) is 0 Å². The molecular formula is C20H18ClN3O2. The first-order valence-corrected chi connectivity index (χ1v) is 8.59. The lowest BCUT2D eigenvalue weighted by molar-refractivity contribution is -0.122. The van der Waals surface area contributed by atoms with Gasteiger partial charge >= 0.3 is 0 Å². The number of nitrogens with one attached hydrogen (secondary N) is 1. The van der Waals surface area contributed by atoms with Gasteiger partial charge in [-0.05, 0) is 30.7 Å². The number of amides is 1. The number of halogens is 1. The molecule has 0 saturated heterocycles. The molecule has 0 aliphatic rings. The molecule has 0 saturated carbocycles. The molecular weight excluding hydrogens is 350 g/mol. The standard InChI is InChI=1S/C20H18ClN3O2/c1-14(15-5-3-2-4-6-15)22-19(25)13-24-20(26)12-11-18(23-24)16-7-9-17(21)10-8-16/h2-12,14H,13H2,1H3,(H,22,25)/t14-/m1/s1. The number of carbonyl (C=O) groups is 1. The lowest BCUT2D eigenvalue weighted by atomic mass is 10.1. The van der Waals surface area contributed by atoms with Crippen molar-refractivity contribution in [1.29, 1.82) is 0 Å². The van der Waals surface area contributed by atoms with Crippen molar-refractivity contribution >= 4 is 17.5 Å². The van der Waals surface area contributed by atoms with Crippen molar-refractivity contribution in [3.8, 4) is 11.3 Å². The van der Waals surface area contributed by atoms with Gasteiger partial charge in [0.15, 0.2) is 0 Å². The zero-order valence-electron chi connectivity index (χ0n) is 14.2. The van der Waals surface area contributed by atoms with Crippen LogP contribution >= 0.6 is 11.6 Å². The van der Waals surface area contributed by atoms with Gasteiger partial charge in [0.2, 0.25) is 5.91 Å². The minimum atomic E-state index is -0.328. The lowest BCUT2D eigenvalue weighted by Gasteiger charge is -2.14. The molecule has 3 rings (SSSR count). The molecule has 0 bridgehead atoms. The maximum atomic E-state index is 12.3. The highest BCUT2D eigenvalue weighted by Crippen LogP contribution is 2.18. The Morgan fingerprint density at radius 1 is 1.08 bits per heavy atom. The van der Waals surface area contributed by atoms with Crippen LogP contribution in [0.2, 0.25) is 5.02 Å². The lowest BCUT2D eigenvalue weighted by Crippen LogP contribution is -2.34. The molecule has 132 valence electrons. The highest BCUT2D eigenvalue weighted by molar-refractivity contribution is 6.30. The van der Waals surface area contributed by atoms with E-state index in [1.165, 1.54) is 6.07 Å². The monoisotopic (exact) mass is 367 g/mol. The van der Waals surface area contributed by atoms with E-state index >= 15 is 0 Å². The molecule has 0 aliphatic carbocycles. The van der Waals surface area contributed by atoms with Crippen LogP contribution in [-0.2, 0) is 11.3 Å². The van der Waals surface area contributed by atoms with Gasteiger partial charge < -0.3 is 5.32 Å². The van der Waals surface area contributed by atoms with E-state index in [0.717, 1.165) is 15.8 Å². The van der Waals surface area contributed by atoms with E-state index in [2.05, 4.69) is 10.4 Å². The summed E-state index contributed by atoms with van der Waals surface area (Å²) in [4.78, 5) is 24.4. The summed E-state index contributed by atoms with van der Waals surface area (Å²) in [5.41, 5.74) is 2.09. The maximum absolute atomic E-state index is 12.3. The molecule has 0 radical (unpaired) electrons. The Bertz CT molecular complexity index is 953. The molecule has 6 heteroatoms. The molecule has 0 aliphatic heterocycles. The quantitative estimate of drug-likeness (QED) is 0.751. The van der Waals surface area contributed by atoms with E-state index in [1.54, 1.807) is 18.2 Å². The zero-order chi connectivity index (χ0) is 18.5. The Hall–Kier alpha value is -2.92. The number of carbonyl (C=O) groups excluding carboxylic acids is 1. The fourth-order valence-corrected chi connectivity index (χ4v) is 2.71. The second-order valence-corrected chi connectivity index (χ2v) is 6.36. The largest absolute Gasteiger partial charge is 0.348 e. The molecule has 0 unspecified atom stereocenters. The van der Waals surface area contributed by atoms with Gasteiger partial charge in [-0.25, -0.2) is 4.68 Å². The van der Waals surface area contributed by atoms with Crippen LogP contribution in [0, 0.1) is 0 Å². The third-order valence-corrected chi connectivity index (χ3v) is 4.23. The van der Waals surface area contributed by atoms with Crippen molar-refractivity contribution in [1.82, 2.24) is 15.1 Å². The SMILES string of the molecule is C[C@@H](NC(=O)Cn1nc(-c2ccc(Cl)cc2)ccc1=O)c1ccccc1. The van der Waals surface area contributed by atoms with E-state index in [4.69, 9.17) is 11.6 Å². The third-order valence-electron chi connectivity index (χ3n) is 3.98. The van der Waals surface area contributed by atoms with Crippen molar-refractivity contribution in [3.05, 3.63) is 87.7 Å². The van der Waals surface area contributed by atoms with Crippen LogP contribution in [0.3, 0.4) is 0 Å². The fourth-order valence-electron chi connectivity index (χ4n) is 2.59. The highest BCUT2D eigenvalue weighted by atomic mass is 35.5. The van der Waals surface area contributed by atoms with Crippen molar-refractivity contribution in [2.75, 3.05) is 0 Å². The topological polar surface area (TPSA) is 64.0 Å². The average molecular weight is 368 g/mol. The Labute approximate surface area is 156 Å². The predicted molar refractivity (Wildman–Crippen MR) is 102 cm³/mol. The van der Waals surface area contributed by atoms with Gasteiger partial charge in [0.1, 0.15) is 6.54 Å². The Kier molecular flexibility index (Phi) is 5.49. The van der Waals surface area contributed by atoms with Gasteiger partial charge in [-0.1, -0.05) is 54.1 Å². The zero-order valence-corrected chi connectivity index (χ0v) is 15.0. The molecule has 0 fully saturated rings. The van der Waals surface area contributed by atoms with Crippen LogP contribution in [0.15, 0.2) is 71.5 Å². The third kappa shape index (κ3) is 4.37. The first kappa shape index (κ1) is 17.9. The van der Waals surface area contributed by atoms with Crippen molar-refractivity contribution < 1.29 is 4.79 Å².